The molecule has 4 rings (SSSR count). The molecule has 2 aromatic heterocycles. The molecule has 0 aliphatic heterocycles. The van der Waals surface area contributed by atoms with Gasteiger partial charge in [0.25, 0.3) is 0 Å². The zero-order valence-electron chi connectivity index (χ0n) is 17.2. The quantitative estimate of drug-likeness (QED) is 0.384. The van der Waals surface area contributed by atoms with E-state index in [2.05, 4.69) is 27.0 Å². The lowest BCUT2D eigenvalue weighted by molar-refractivity contribution is -0.113. The van der Waals surface area contributed by atoms with E-state index in [1.54, 1.807) is 18.4 Å². The van der Waals surface area contributed by atoms with Crippen LogP contribution in [0, 0.1) is 6.92 Å². The van der Waals surface area contributed by atoms with Gasteiger partial charge in [0.05, 0.1) is 12.9 Å². The summed E-state index contributed by atoms with van der Waals surface area (Å²) in [7, 11) is 1.64. The van der Waals surface area contributed by atoms with Gasteiger partial charge in [-0.25, -0.2) is 0 Å². The Bertz CT molecular complexity index is 1140. The minimum Gasteiger partial charge on any atom is -0.497 e. The molecule has 0 saturated carbocycles. The number of aromatic nitrogens is 3. The number of anilines is 1. The fourth-order valence-electron chi connectivity index (χ4n) is 3.03. The number of aryl methyl sites for hydroxylation is 1. The Hall–Kier alpha value is -3.10. The average Bonchev–Trinajstić information content (AvgIpc) is 3.44. The predicted octanol–water partition coefficient (Wildman–Crippen LogP) is 4.97. The number of thiophene rings is 1. The molecule has 6 nitrogen and oxygen atoms in total. The molecule has 31 heavy (non-hydrogen) atoms. The maximum atomic E-state index is 12.5. The summed E-state index contributed by atoms with van der Waals surface area (Å²) in [4.78, 5) is 13.7. The number of nitrogens with one attached hydrogen (secondary N) is 1. The van der Waals surface area contributed by atoms with Crippen LogP contribution in [-0.4, -0.2) is 33.5 Å². The highest BCUT2D eigenvalue weighted by Crippen LogP contribution is 2.26. The number of hydrogen-bond acceptors (Lipinski definition) is 6. The molecule has 0 aliphatic rings. The van der Waals surface area contributed by atoms with E-state index >= 15 is 0 Å². The second kappa shape index (κ2) is 9.80. The average molecular weight is 451 g/mol. The number of benzene rings is 2. The first-order chi connectivity index (χ1) is 15.1. The van der Waals surface area contributed by atoms with Crippen LogP contribution in [0.3, 0.4) is 0 Å². The molecule has 0 atom stereocenters. The molecule has 4 aromatic rings. The van der Waals surface area contributed by atoms with E-state index < -0.39 is 0 Å². The van der Waals surface area contributed by atoms with Gasteiger partial charge >= 0.3 is 0 Å². The second-order valence-electron chi connectivity index (χ2n) is 6.89. The Morgan fingerprint density at radius 1 is 1.10 bits per heavy atom. The number of methoxy groups -OCH3 is 1. The maximum Gasteiger partial charge on any atom is 0.234 e. The predicted molar refractivity (Wildman–Crippen MR) is 126 cm³/mol. The van der Waals surface area contributed by atoms with E-state index in [1.807, 2.05) is 66.1 Å². The lowest BCUT2D eigenvalue weighted by Gasteiger charge is -2.11. The number of rotatable bonds is 8. The van der Waals surface area contributed by atoms with Crippen molar-refractivity contribution in [1.29, 1.82) is 0 Å². The van der Waals surface area contributed by atoms with Crippen molar-refractivity contribution in [3.8, 4) is 11.4 Å². The molecule has 2 aromatic carbocycles. The molecule has 158 valence electrons. The highest BCUT2D eigenvalue weighted by molar-refractivity contribution is 7.99. The maximum absolute atomic E-state index is 12.5. The standard InChI is InChI=1S/C23H22N4O2S2/c1-16-5-7-17(8-6-16)24-22(28)15-31-23-26-25-21(14-20-4-3-13-30-20)27(23)18-9-11-19(29-2)12-10-18/h3-13H,14-15H2,1-2H3,(H,24,28). The van der Waals surface area contributed by atoms with Gasteiger partial charge in [0, 0.05) is 22.7 Å². The van der Waals surface area contributed by atoms with E-state index in [-0.39, 0.29) is 11.7 Å². The normalized spacial score (nSPS) is 10.8. The number of nitrogens with zero attached hydrogens (tertiary/aromatic N) is 3. The van der Waals surface area contributed by atoms with Gasteiger partial charge < -0.3 is 10.1 Å². The molecule has 0 unspecified atom stereocenters. The summed E-state index contributed by atoms with van der Waals surface area (Å²) >= 11 is 3.05. The van der Waals surface area contributed by atoms with Gasteiger partial charge in [0.2, 0.25) is 5.91 Å². The fourth-order valence-corrected chi connectivity index (χ4v) is 4.50. The van der Waals surface area contributed by atoms with Crippen LogP contribution in [0.2, 0.25) is 0 Å². The Balaban J connectivity index is 1.53. The first-order valence-corrected chi connectivity index (χ1v) is 11.6. The third kappa shape index (κ3) is 5.34. The van der Waals surface area contributed by atoms with E-state index in [0.717, 1.165) is 28.5 Å². The number of carbonyl (C=O) groups excluding carboxylic acids is 1. The van der Waals surface area contributed by atoms with Gasteiger partial charge in [-0.3, -0.25) is 9.36 Å². The van der Waals surface area contributed by atoms with Crippen molar-refractivity contribution in [3.05, 3.63) is 82.3 Å². The minimum absolute atomic E-state index is 0.0852. The van der Waals surface area contributed by atoms with E-state index in [4.69, 9.17) is 4.74 Å². The second-order valence-corrected chi connectivity index (χ2v) is 8.87. The van der Waals surface area contributed by atoms with Crippen molar-refractivity contribution in [2.24, 2.45) is 0 Å². The van der Waals surface area contributed by atoms with E-state index in [9.17, 15) is 4.79 Å². The number of hydrogen-bond donors (Lipinski definition) is 1. The number of ether oxygens (including phenoxy) is 1. The molecule has 0 radical (unpaired) electrons. The van der Waals surface area contributed by atoms with Gasteiger partial charge in [0.1, 0.15) is 11.6 Å². The smallest absolute Gasteiger partial charge is 0.234 e. The Labute approximate surface area is 189 Å². The topological polar surface area (TPSA) is 69.0 Å². The molecule has 0 aliphatic carbocycles. The van der Waals surface area contributed by atoms with Gasteiger partial charge in [-0.05, 0) is 54.8 Å². The Kier molecular flexibility index (Phi) is 6.69. The van der Waals surface area contributed by atoms with E-state index in [0.29, 0.717) is 11.6 Å². The molecule has 0 fully saturated rings. The number of thioether (sulfide) groups is 1. The van der Waals surface area contributed by atoms with Crippen molar-refractivity contribution in [3.63, 3.8) is 0 Å². The highest BCUT2D eigenvalue weighted by Gasteiger charge is 2.17. The van der Waals surface area contributed by atoms with Crippen molar-refractivity contribution in [2.45, 2.75) is 18.5 Å². The summed E-state index contributed by atoms with van der Waals surface area (Å²) in [6.45, 7) is 2.02. The molecular formula is C23H22N4O2S2. The molecular weight excluding hydrogens is 428 g/mol. The molecule has 1 amide bonds. The van der Waals surface area contributed by atoms with Crippen LogP contribution < -0.4 is 10.1 Å². The third-order valence-electron chi connectivity index (χ3n) is 4.61. The highest BCUT2D eigenvalue weighted by atomic mass is 32.2. The van der Waals surface area contributed by atoms with Gasteiger partial charge in [-0.2, -0.15) is 0 Å². The van der Waals surface area contributed by atoms with Crippen LogP contribution in [0.15, 0.2) is 71.2 Å². The molecule has 2 heterocycles. The molecule has 0 spiro atoms. The summed E-state index contributed by atoms with van der Waals surface area (Å²) in [5, 5.41) is 14.4. The first kappa shape index (κ1) is 21.1. The van der Waals surface area contributed by atoms with Crippen LogP contribution >= 0.6 is 23.1 Å². The number of carbonyl (C=O) groups is 1. The van der Waals surface area contributed by atoms with Crippen LogP contribution in [-0.2, 0) is 11.2 Å². The molecule has 1 N–H and O–H groups in total. The lowest BCUT2D eigenvalue weighted by atomic mass is 10.2. The monoisotopic (exact) mass is 450 g/mol. The number of amides is 1. The fraction of sp³-hybridized carbons (Fsp3) is 0.174. The summed E-state index contributed by atoms with van der Waals surface area (Å²) in [6, 6.07) is 19.6. The summed E-state index contributed by atoms with van der Waals surface area (Å²) < 4.78 is 7.28. The van der Waals surface area contributed by atoms with Crippen molar-refractivity contribution in [2.75, 3.05) is 18.2 Å². The largest absolute Gasteiger partial charge is 0.497 e. The van der Waals surface area contributed by atoms with Gasteiger partial charge in [-0.15, -0.1) is 21.5 Å². The van der Waals surface area contributed by atoms with Crippen molar-refractivity contribution >= 4 is 34.7 Å². The van der Waals surface area contributed by atoms with Crippen molar-refractivity contribution in [1.82, 2.24) is 14.8 Å². The summed E-state index contributed by atoms with van der Waals surface area (Å²) in [6.07, 6.45) is 0.673. The van der Waals surface area contributed by atoms with Crippen LogP contribution in [0.1, 0.15) is 16.3 Å². The van der Waals surface area contributed by atoms with Crippen LogP contribution in [0.5, 0.6) is 5.75 Å². The molecule has 0 saturated heterocycles. The minimum atomic E-state index is -0.0852. The van der Waals surface area contributed by atoms with Gasteiger partial charge in [-0.1, -0.05) is 35.5 Å². The molecule has 0 bridgehead atoms. The van der Waals surface area contributed by atoms with Crippen LogP contribution in [0.25, 0.3) is 5.69 Å². The molecule has 8 heteroatoms. The van der Waals surface area contributed by atoms with Crippen LogP contribution in [0.4, 0.5) is 5.69 Å². The van der Waals surface area contributed by atoms with Gasteiger partial charge in [0.15, 0.2) is 5.16 Å². The zero-order chi connectivity index (χ0) is 21.6. The Morgan fingerprint density at radius 2 is 1.87 bits per heavy atom. The zero-order valence-corrected chi connectivity index (χ0v) is 18.9. The summed E-state index contributed by atoms with van der Waals surface area (Å²) in [5.41, 5.74) is 2.86. The van der Waals surface area contributed by atoms with E-state index in [1.165, 1.54) is 16.6 Å². The summed E-state index contributed by atoms with van der Waals surface area (Å²) in [5.74, 6) is 1.76. The first-order valence-electron chi connectivity index (χ1n) is 9.73. The Morgan fingerprint density at radius 3 is 2.55 bits per heavy atom. The SMILES string of the molecule is COc1ccc(-n2c(Cc3cccs3)nnc2SCC(=O)Nc2ccc(C)cc2)cc1. The lowest BCUT2D eigenvalue weighted by Crippen LogP contribution is -2.14. The van der Waals surface area contributed by atoms with Crippen molar-refractivity contribution < 1.29 is 9.53 Å². The third-order valence-corrected chi connectivity index (χ3v) is 6.42.